The van der Waals surface area contributed by atoms with Gasteiger partial charge >= 0.3 is 0 Å². The van der Waals surface area contributed by atoms with Gasteiger partial charge in [-0.25, -0.2) is 0 Å². The van der Waals surface area contributed by atoms with Crippen LogP contribution in [-0.2, 0) is 0 Å². The first-order chi connectivity index (χ1) is 10.8. The second-order valence-electron chi connectivity index (χ2n) is 4.99. The Hall–Kier alpha value is -1.98. The van der Waals surface area contributed by atoms with Crippen LogP contribution in [0.4, 0.5) is 4.39 Å². The number of thiophene rings is 1. The van der Waals surface area contributed by atoms with Gasteiger partial charge in [-0.2, -0.15) is 4.39 Å². The van der Waals surface area contributed by atoms with E-state index in [0.717, 1.165) is 45.7 Å². The molecule has 3 nitrogen and oxygen atoms in total. The van der Waals surface area contributed by atoms with Gasteiger partial charge in [-0.1, -0.05) is 12.1 Å². The minimum atomic E-state index is -0.187. The van der Waals surface area contributed by atoms with Crippen molar-refractivity contribution in [2.75, 3.05) is 13.6 Å². The van der Waals surface area contributed by atoms with E-state index in [4.69, 9.17) is 4.74 Å². The van der Waals surface area contributed by atoms with E-state index in [1.54, 1.807) is 18.5 Å². The summed E-state index contributed by atoms with van der Waals surface area (Å²) in [6.07, 6.45) is 4.16. The Labute approximate surface area is 132 Å². The van der Waals surface area contributed by atoms with Crippen molar-refractivity contribution >= 4 is 22.1 Å². The van der Waals surface area contributed by atoms with Crippen LogP contribution < -0.4 is 10.1 Å². The summed E-state index contributed by atoms with van der Waals surface area (Å²) in [5.74, 6) is 0.778. The lowest BCUT2D eigenvalue weighted by molar-refractivity contribution is 0.201. The van der Waals surface area contributed by atoms with Gasteiger partial charge in [-0.3, -0.25) is 4.98 Å². The zero-order chi connectivity index (χ0) is 15.4. The molecule has 1 atom stereocenters. The predicted molar refractivity (Wildman–Crippen MR) is 87.9 cm³/mol. The lowest BCUT2D eigenvalue weighted by Gasteiger charge is -2.19. The molecule has 1 N–H and O–H groups in total. The highest BCUT2D eigenvalue weighted by Crippen LogP contribution is 2.33. The van der Waals surface area contributed by atoms with E-state index >= 15 is 0 Å². The second kappa shape index (κ2) is 6.85. The molecule has 1 aromatic carbocycles. The third kappa shape index (κ3) is 3.26. The van der Waals surface area contributed by atoms with Gasteiger partial charge in [0.2, 0.25) is 0 Å². The summed E-state index contributed by atoms with van der Waals surface area (Å²) in [7, 11) is 1.90. The topological polar surface area (TPSA) is 34.1 Å². The molecule has 0 bridgehead atoms. The molecule has 22 heavy (non-hydrogen) atoms. The highest BCUT2D eigenvalue weighted by atomic mass is 32.1. The Morgan fingerprint density at radius 1 is 1.27 bits per heavy atom. The number of nitrogens with one attached hydrogen (secondary N) is 1. The van der Waals surface area contributed by atoms with Gasteiger partial charge in [-0.15, -0.1) is 11.3 Å². The first-order valence-corrected chi connectivity index (χ1v) is 7.99. The van der Waals surface area contributed by atoms with Gasteiger partial charge < -0.3 is 10.1 Å². The Kier molecular flexibility index (Phi) is 4.65. The van der Waals surface area contributed by atoms with Crippen LogP contribution in [0, 0.1) is 5.13 Å². The van der Waals surface area contributed by atoms with Gasteiger partial charge in [0.1, 0.15) is 11.9 Å². The molecule has 0 aliphatic rings. The largest absolute Gasteiger partial charge is 0.484 e. The van der Waals surface area contributed by atoms with Crippen LogP contribution in [0.3, 0.4) is 0 Å². The van der Waals surface area contributed by atoms with E-state index in [-0.39, 0.29) is 11.2 Å². The number of benzene rings is 1. The van der Waals surface area contributed by atoms with Crippen LogP contribution >= 0.6 is 11.3 Å². The monoisotopic (exact) mass is 316 g/mol. The Balaban J connectivity index is 1.91. The van der Waals surface area contributed by atoms with Gasteiger partial charge in [-0.05, 0) is 43.2 Å². The number of nitrogens with zero attached hydrogens (tertiary/aromatic N) is 1. The zero-order valence-electron chi connectivity index (χ0n) is 12.3. The molecule has 0 spiro atoms. The van der Waals surface area contributed by atoms with E-state index < -0.39 is 0 Å². The fraction of sp³-hybridized carbons (Fsp3) is 0.235. The summed E-state index contributed by atoms with van der Waals surface area (Å²) in [4.78, 5) is 5.07. The molecule has 5 heteroatoms. The Bertz CT molecular complexity index is 754. The molecule has 0 amide bonds. The molecule has 0 aliphatic heterocycles. The Morgan fingerprint density at radius 2 is 2.18 bits per heavy atom. The molecule has 0 radical (unpaired) electrons. The summed E-state index contributed by atoms with van der Waals surface area (Å²) in [5, 5.41) is 4.98. The number of ether oxygens (including phenoxy) is 1. The minimum Gasteiger partial charge on any atom is -0.484 e. The number of hydrogen-bond donors (Lipinski definition) is 1. The van der Waals surface area contributed by atoms with Crippen LogP contribution in [0.2, 0.25) is 0 Å². The molecule has 0 saturated heterocycles. The maximum absolute atomic E-state index is 13.3. The third-order valence-electron chi connectivity index (χ3n) is 3.48. The molecule has 0 fully saturated rings. The van der Waals surface area contributed by atoms with Crippen molar-refractivity contribution in [1.82, 2.24) is 10.3 Å². The number of hydrogen-bond acceptors (Lipinski definition) is 4. The maximum Gasteiger partial charge on any atom is 0.176 e. The van der Waals surface area contributed by atoms with E-state index in [0.29, 0.717) is 0 Å². The Morgan fingerprint density at radius 3 is 2.95 bits per heavy atom. The highest BCUT2D eigenvalue weighted by molar-refractivity contribution is 7.10. The van der Waals surface area contributed by atoms with Gasteiger partial charge in [0, 0.05) is 29.1 Å². The molecule has 114 valence electrons. The molecule has 0 unspecified atom stereocenters. The minimum absolute atomic E-state index is 0.173. The average Bonchev–Trinajstić information content (AvgIpc) is 2.98. The van der Waals surface area contributed by atoms with E-state index in [1.165, 1.54) is 6.07 Å². The van der Waals surface area contributed by atoms with Crippen molar-refractivity contribution in [2.24, 2.45) is 0 Å². The van der Waals surface area contributed by atoms with Gasteiger partial charge in [0.05, 0.1) is 0 Å². The molecule has 3 aromatic rings. The molecular weight excluding hydrogens is 299 g/mol. The molecule has 2 heterocycles. The van der Waals surface area contributed by atoms with Crippen molar-refractivity contribution < 1.29 is 9.13 Å². The number of rotatable bonds is 6. The fourth-order valence-electron chi connectivity index (χ4n) is 2.38. The number of aromatic nitrogens is 1. The van der Waals surface area contributed by atoms with E-state index in [1.807, 2.05) is 31.3 Å². The second-order valence-corrected chi connectivity index (χ2v) is 6.06. The molecule has 3 rings (SSSR count). The van der Waals surface area contributed by atoms with Crippen molar-refractivity contribution in [3.8, 4) is 5.75 Å². The zero-order valence-corrected chi connectivity index (χ0v) is 13.1. The lowest BCUT2D eigenvalue weighted by atomic mass is 10.1. The van der Waals surface area contributed by atoms with Gasteiger partial charge in [0.25, 0.3) is 0 Å². The molecular formula is C17H17FN2OS. The standard InChI is InChI=1S/C17H17FN2OS/c1-19-9-8-15(16-5-6-17(18)22-16)21-14-4-2-3-12-7-10-20-11-13(12)14/h2-7,10-11,15,19H,8-9H2,1H3/t15-/m1/s1. The molecule has 0 aliphatic carbocycles. The van der Waals surface area contributed by atoms with Crippen LogP contribution in [0.25, 0.3) is 10.8 Å². The van der Waals surface area contributed by atoms with E-state index in [2.05, 4.69) is 10.3 Å². The van der Waals surface area contributed by atoms with Crippen molar-refractivity contribution in [3.63, 3.8) is 0 Å². The summed E-state index contributed by atoms with van der Waals surface area (Å²) in [6.45, 7) is 0.799. The van der Waals surface area contributed by atoms with Crippen LogP contribution in [0.1, 0.15) is 17.4 Å². The van der Waals surface area contributed by atoms with Crippen molar-refractivity contribution in [2.45, 2.75) is 12.5 Å². The first-order valence-electron chi connectivity index (χ1n) is 7.17. The number of fused-ring (bicyclic) bond motifs is 1. The highest BCUT2D eigenvalue weighted by Gasteiger charge is 2.17. The summed E-state index contributed by atoms with van der Waals surface area (Å²) in [5.41, 5.74) is 0. The van der Waals surface area contributed by atoms with Crippen LogP contribution in [-0.4, -0.2) is 18.6 Å². The quantitative estimate of drug-likeness (QED) is 0.741. The first kappa shape index (κ1) is 14.9. The van der Waals surface area contributed by atoms with Crippen molar-refractivity contribution in [1.29, 1.82) is 0 Å². The number of pyridine rings is 1. The molecule has 0 saturated carbocycles. The smallest absolute Gasteiger partial charge is 0.176 e. The predicted octanol–water partition coefficient (Wildman–Crippen LogP) is 4.17. The van der Waals surface area contributed by atoms with E-state index in [9.17, 15) is 4.39 Å². The maximum atomic E-state index is 13.3. The fourth-order valence-corrected chi connectivity index (χ4v) is 3.17. The SMILES string of the molecule is CNCC[C@@H](Oc1cccc2ccncc12)c1ccc(F)s1. The lowest BCUT2D eigenvalue weighted by Crippen LogP contribution is -2.15. The summed E-state index contributed by atoms with van der Waals surface area (Å²) >= 11 is 1.14. The average molecular weight is 316 g/mol. The normalized spacial score (nSPS) is 12.5. The summed E-state index contributed by atoms with van der Waals surface area (Å²) < 4.78 is 19.5. The summed E-state index contributed by atoms with van der Waals surface area (Å²) in [6, 6.07) is 11.2. The van der Waals surface area contributed by atoms with Gasteiger partial charge in [0.15, 0.2) is 5.13 Å². The number of halogens is 1. The van der Waals surface area contributed by atoms with Crippen LogP contribution in [0.15, 0.2) is 48.8 Å². The third-order valence-corrected chi connectivity index (χ3v) is 4.45. The molecule has 2 aromatic heterocycles. The van der Waals surface area contributed by atoms with Crippen LogP contribution in [0.5, 0.6) is 5.75 Å². The van der Waals surface area contributed by atoms with Crippen molar-refractivity contribution in [3.05, 3.63) is 58.8 Å².